The second kappa shape index (κ2) is 6.86. The Hall–Kier alpha value is -0.610. The third kappa shape index (κ3) is 4.85. The van der Waals surface area contributed by atoms with Gasteiger partial charge < -0.3 is 16.2 Å². The van der Waals surface area contributed by atoms with Gasteiger partial charge in [0.2, 0.25) is 5.91 Å². The van der Waals surface area contributed by atoms with Crippen molar-refractivity contribution in [1.82, 2.24) is 5.32 Å². The van der Waals surface area contributed by atoms with E-state index in [1.54, 1.807) is 6.92 Å². The molecule has 13 heavy (non-hydrogen) atoms. The van der Waals surface area contributed by atoms with Gasteiger partial charge >= 0.3 is 0 Å². The SMILES string of the molecule is CCCC(CN)C(=O)N[C@H](C)CO. The Bertz CT molecular complexity index is 151. The minimum atomic E-state index is -0.182. The molecule has 78 valence electrons. The molecule has 0 bridgehead atoms. The van der Waals surface area contributed by atoms with Gasteiger partial charge in [-0.1, -0.05) is 13.3 Å². The molecular formula is C9H20N2O2. The maximum atomic E-state index is 11.4. The first kappa shape index (κ1) is 12.4. The molecule has 2 atom stereocenters. The number of nitrogens with two attached hydrogens (primary N) is 1. The van der Waals surface area contributed by atoms with Crippen LogP contribution in [0.25, 0.3) is 0 Å². The van der Waals surface area contributed by atoms with Gasteiger partial charge in [0.05, 0.1) is 12.5 Å². The van der Waals surface area contributed by atoms with Crippen LogP contribution in [-0.2, 0) is 4.79 Å². The number of nitrogens with one attached hydrogen (secondary N) is 1. The number of amides is 1. The number of hydrogen-bond acceptors (Lipinski definition) is 3. The third-order valence-corrected chi connectivity index (χ3v) is 1.95. The van der Waals surface area contributed by atoms with Crippen molar-refractivity contribution in [1.29, 1.82) is 0 Å². The number of aliphatic hydroxyl groups excluding tert-OH is 1. The standard InChI is InChI=1S/C9H20N2O2/c1-3-4-8(5-10)9(13)11-7(2)6-12/h7-8,12H,3-6,10H2,1-2H3,(H,11,13)/t7-,8?/m1/s1. The van der Waals surface area contributed by atoms with Crippen LogP contribution in [0.4, 0.5) is 0 Å². The molecule has 0 rings (SSSR count). The molecule has 0 saturated heterocycles. The molecule has 4 nitrogen and oxygen atoms in total. The first-order valence-electron chi connectivity index (χ1n) is 4.77. The van der Waals surface area contributed by atoms with E-state index in [0.717, 1.165) is 12.8 Å². The first-order valence-corrected chi connectivity index (χ1v) is 4.77. The van der Waals surface area contributed by atoms with Crippen molar-refractivity contribution in [2.45, 2.75) is 32.7 Å². The summed E-state index contributed by atoms with van der Waals surface area (Å²) >= 11 is 0. The average molecular weight is 188 g/mol. The van der Waals surface area contributed by atoms with Crippen molar-refractivity contribution < 1.29 is 9.90 Å². The van der Waals surface area contributed by atoms with E-state index in [4.69, 9.17) is 10.8 Å². The van der Waals surface area contributed by atoms with Crippen molar-refractivity contribution in [2.24, 2.45) is 11.7 Å². The number of rotatable bonds is 6. The molecule has 0 saturated carbocycles. The predicted octanol–water partition coefficient (Wildman–Crippen LogP) is -0.142. The molecule has 1 amide bonds. The molecule has 1 unspecified atom stereocenters. The van der Waals surface area contributed by atoms with E-state index in [1.165, 1.54) is 0 Å². The zero-order valence-electron chi connectivity index (χ0n) is 8.42. The minimum absolute atomic E-state index is 0.0326. The molecule has 4 N–H and O–H groups in total. The van der Waals surface area contributed by atoms with Crippen LogP contribution in [0.2, 0.25) is 0 Å². The van der Waals surface area contributed by atoms with E-state index >= 15 is 0 Å². The van der Waals surface area contributed by atoms with Crippen molar-refractivity contribution in [3.8, 4) is 0 Å². The molecule has 0 aliphatic carbocycles. The van der Waals surface area contributed by atoms with E-state index in [2.05, 4.69) is 5.32 Å². The average Bonchev–Trinajstić information content (AvgIpc) is 2.13. The Kier molecular flexibility index (Phi) is 6.54. The van der Waals surface area contributed by atoms with Gasteiger partial charge in [-0.25, -0.2) is 0 Å². The maximum absolute atomic E-state index is 11.4. The molecule has 0 aliphatic rings. The molecule has 0 fully saturated rings. The summed E-state index contributed by atoms with van der Waals surface area (Å²) in [7, 11) is 0. The van der Waals surface area contributed by atoms with E-state index in [1.807, 2.05) is 6.92 Å². The van der Waals surface area contributed by atoms with Gasteiger partial charge in [0, 0.05) is 12.6 Å². The Morgan fingerprint density at radius 1 is 1.62 bits per heavy atom. The summed E-state index contributed by atoms with van der Waals surface area (Å²) in [5.74, 6) is -0.162. The summed E-state index contributed by atoms with van der Waals surface area (Å²) < 4.78 is 0. The topological polar surface area (TPSA) is 75.4 Å². The lowest BCUT2D eigenvalue weighted by molar-refractivity contribution is -0.125. The van der Waals surface area contributed by atoms with Crippen LogP contribution in [0.3, 0.4) is 0 Å². The van der Waals surface area contributed by atoms with Gasteiger partial charge in [0.1, 0.15) is 0 Å². The normalized spacial score (nSPS) is 15.1. The van der Waals surface area contributed by atoms with Crippen LogP contribution in [-0.4, -0.2) is 30.2 Å². The quantitative estimate of drug-likeness (QED) is 0.543. The summed E-state index contributed by atoms with van der Waals surface area (Å²) in [6.07, 6.45) is 1.75. The van der Waals surface area contributed by atoms with Crippen LogP contribution >= 0.6 is 0 Å². The van der Waals surface area contributed by atoms with Gasteiger partial charge in [0.25, 0.3) is 0 Å². The monoisotopic (exact) mass is 188 g/mol. The molecule has 4 heteroatoms. The number of hydrogen-bond donors (Lipinski definition) is 3. The molecule has 0 aliphatic heterocycles. The highest BCUT2D eigenvalue weighted by Crippen LogP contribution is 2.04. The zero-order valence-corrected chi connectivity index (χ0v) is 8.42. The van der Waals surface area contributed by atoms with Crippen molar-refractivity contribution in [2.75, 3.05) is 13.2 Å². The molecule has 0 aromatic carbocycles. The van der Waals surface area contributed by atoms with Crippen LogP contribution in [0.5, 0.6) is 0 Å². The fourth-order valence-corrected chi connectivity index (χ4v) is 1.11. The van der Waals surface area contributed by atoms with Crippen molar-refractivity contribution >= 4 is 5.91 Å². The summed E-state index contributed by atoms with van der Waals surface area (Å²) in [6.45, 7) is 4.12. The number of aliphatic hydroxyl groups is 1. The van der Waals surface area contributed by atoms with Crippen molar-refractivity contribution in [3.63, 3.8) is 0 Å². The summed E-state index contributed by atoms with van der Waals surface area (Å²) in [4.78, 5) is 11.4. The molecule has 0 spiro atoms. The lowest BCUT2D eigenvalue weighted by Gasteiger charge is -2.16. The Balaban J connectivity index is 3.90. The second-order valence-electron chi connectivity index (χ2n) is 3.31. The molecule has 0 aromatic rings. The molecule has 0 heterocycles. The van der Waals surface area contributed by atoms with Gasteiger partial charge in [-0.2, -0.15) is 0 Å². The maximum Gasteiger partial charge on any atom is 0.224 e. The summed E-state index contributed by atoms with van der Waals surface area (Å²) in [6, 6.07) is -0.182. The highest BCUT2D eigenvalue weighted by atomic mass is 16.3. The highest BCUT2D eigenvalue weighted by molar-refractivity contribution is 5.79. The Morgan fingerprint density at radius 2 is 2.23 bits per heavy atom. The first-order chi connectivity index (χ1) is 6.15. The third-order valence-electron chi connectivity index (χ3n) is 1.95. The fraction of sp³-hybridized carbons (Fsp3) is 0.889. The van der Waals surface area contributed by atoms with E-state index in [9.17, 15) is 4.79 Å². The number of carbonyl (C=O) groups is 1. The predicted molar refractivity (Wildman–Crippen MR) is 52.1 cm³/mol. The Morgan fingerprint density at radius 3 is 2.62 bits per heavy atom. The minimum Gasteiger partial charge on any atom is -0.394 e. The smallest absolute Gasteiger partial charge is 0.224 e. The van der Waals surface area contributed by atoms with Gasteiger partial charge in [-0.15, -0.1) is 0 Å². The zero-order chi connectivity index (χ0) is 10.3. The largest absolute Gasteiger partial charge is 0.394 e. The van der Waals surface area contributed by atoms with E-state index < -0.39 is 0 Å². The number of carbonyl (C=O) groups excluding carboxylic acids is 1. The fourth-order valence-electron chi connectivity index (χ4n) is 1.11. The van der Waals surface area contributed by atoms with E-state index in [-0.39, 0.29) is 24.5 Å². The van der Waals surface area contributed by atoms with E-state index in [0.29, 0.717) is 6.54 Å². The Labute approximate surface area is 79.5 Å². The van der Waals surface area contributed by atoms with Gasteiger partial charge in [-0.05, 0) is 13.3 Å². The molecule has 0 aromatic heterocycles. The van der Waals surface area contributed by atoms with Crippen LogP contribution in [0.15, 0.2) is 0 Å². The van der Waals surface area contributed by atoms with Crippen molar-refractivity contribution in [3.05, 3.63) is 0 Å². The molecule has 0 radical (unpaired) electrons. The van der Waals surface area contributed by atoms with Gasteiger partial charge in [-0.3, -0.25) is 4.79 Å². The lowest BCUT2D eigenvalue weighted by atomic mass is 10.0. The van der Waals surface area contributed by atoms with Crippen LogP contribution in [0.1, 0.15) is 26.7 Å². The summed E-state index contributed by atoms with van der Waals surface area (Å²) in [5.41, 5.74) is 5.45. The van der Waals surface area contributed by atoms with Crippen LogP contribution < -0.4 is 11.1 Å². The van der Waals surface area contributed by atoms with Crippen LogP contribution in [0, 0.1) is 5.92 Å². The summed E-state index contributed by atoms with van der Waals surface area (Å²) in [5, 5.41) is 11.4. The second-order valence-corrected chi connectivity index (χ2v) is 3.31. The highest BCUT2D eigenvalue weighted by Gasteiger charge is 2.16. The lowest BCUT2D eigenvalue weighted by Crippen LogP contribution is -2.41. The molecular weight excluding hydrogens is 168 g/mol. The van der Waals surface area contributed by atoms with Gasteiger partial charge in [0.15, 0.2) is 0 Å².